The zero-order valence-electron chi connectivity index (χ0n) is 7.88. The predicted molar refractivity (Wildman–Crippen MR) is 52.6 cm³/mol. The van der Waals surface area contributed by atoms with Crippen molar-refractivity contribution in [3.05, 3.63) is 23.8 Å². The Labute approximate surface area is 89.3 Å². The number of alkyl halides is 3. The van der Waals surface area contributed by atoms with Gasteiger partial charge in [-0.05, 0) is 36.9 Å². The molecule has 0 saturated heterocycles. The molecule has 1 aromatic rings. The van der Waals surface area contributed by atoms with Crippen LogP contribution in [0.3, 0.4) is 0 Å². The first-order valence-corrected chi connectivity index (χ1v) is 4.95. The van der Waals surface area contributed by atoms with Crippen LogP contribution in [-0.2, 0) is 0 Å². The summed E-state index contributed by atoms with van der Waals surface area (Å²) in [5.74, 6) is -0.0866. The van der Waals surface area contributed by atoms with E-state index in [-0.39, 0.29) is 22.4 Å². The largest absolute Gasteiger partial charge is 0.508 e. The molecule has 0 aromatic heterocycles. The monoisotopic (exact) mass is 237 g/mol. The molecule has 0 heterocycles. The van der Waals surface area contributed by atoms with Gasteiger partial charge < -0.3 is 10.8 Å². The van der Waals surface area contributed by atoms with Gasteiger partial charge in [-0.2, -0.15) is 13.2 Å². The van der Waals surface area contributed by atoms with Crippen molar-refractivity contribution in [1.82, 2.24) is 0 Å². The van der Waals surface area contributed by atoms with E-state index in [1.54, 1.807) is 6.92 Å². The number of nitrogens with two attached hydrogens (primary N) is 1. The van der Waals surface area contributed by atoms with Gasteiger partial charge in [0.15, 0.2) is 0 Å². The number of phenolic OH excluding ortho intramolecular Hbond substituents is 1. The van der Waals surface area contributed by atoms with Gasteiger partial charge in [-0.25, -0.2) is 0 Å². The maximum Gasteiger partial charge on any atom is 0.446 e. The van der Waals surface area contributed by atoms with E-state index in [0.717, 1.165) is 0 Å². The third-order valence-electron chi connectivity index (χ3n) is 1.72. The molecule has 0 bridgehead atoms. The van der Waals surface area contributed by atoms with Crippen LogP contribution < -0.4 is 5.73 Å². The maximum atomic E-state index is 12.0. The molecule has 6 heteroatoms. The normalized spacial score (nSPS) is 13.9. The molecule has 1 aromatic carbocycles. The molecular weight excluding hydrogens is 227 g/mol. The Morgan fingerprint density at radius 3 is 2.47 bits per heavy atom. The van der Waals surface area contributed by atoms with Crippen LogP contribution in [0.2, 0.25) is 0 Å². The zero-order chi connectivity index (χ0) is 11.6. The van der Waals surface area contributed by atoms with Gasteiger partial charge in [-0.3, -0.25) is 0 Å². The third-order valence-corrected chi connectivity index (χ3v) is 2.44. The number of halogens is 3. The summed E-state index contributed by atoms with van der Waals surface area (Å²) in [7, 11) is 0. The molecule has 0 unspecified atom stereocenters. The van der Waals surface area contributed by atoms with Crippen LogP contribution >= 0.6 is 11.8 Å². The summed E-state index contributed by atoms with van der Waals surface area (Å²) in [5.41, 5.74) is 1.48. The highest BCUT2D eigenvalue weighted by Crippen LogP contribution is 2.38. The average Bonchev–Trinajstić information content (AvgIpc) is 2.05. The molecule has 0 aliphatic carbocycles. The molecule has 2 nitrogen and oxygen atoms in total. The summed E-state index contributed by atoms with van der Waals surface area (Å²) < 4.78 is 36.1. The van der Waals surface area contributed by atoms with Crippen LogP contribution in [0.15, 0.2) is 23.1 Å². The van der Waals surface area contributed by atoms with E-state index >= 15 is 0 Å². The Balaban J connectivity index is 2.98. The highest BCUT2D eigenvalue weighted by molar-refractivity contribution is 8.00. The molecule has 15 heavy (non-hydrogen) atoms. The summed E-state index contributed by atoms with van der Waals surface area (Å²) in [6.07, 6.45) is 0. The standard InChI is InChI=1S/C9H10F3NOS/c1-5(13)7-4-6(2-3-8(7)14)15-9(10,11)12/h2-5,14H,13H2,1H3/t5-/m1/s1. The zero-order valence-corrected chi connectivity index (χ0v) is 8.69. The van der Waals surface area contributed by atoms with Gasteiger partial charge in [0.1, 0.15) is 5.75 Å². The van der Waals surface area contributed by atoms with Crippen LogP contribution in [0.5, 0.6) is 5.75 Å². The number of rotatable bonds is 2. The molecule has 3 N–H and O–H groups in total. The number of hydrogen-bond donors (Lipinski definition) is 2. The second kappa shape index (κ2) is 4.32. The minimum atomic E-state index is -4.33. The van der Waals surface area contributed by atoms with Crippen molar-refractivity contribution in [1.29, 1.82) is 0 Å². The average molecular weight is 237 g/mol. The minimum Gasteiger partial charge on any atom is -0.508 e. The van der Waals surface area contributed by atoms with Gasteiger partial charge in [0, 0.05) is 16.5 Å². The van der Waals surface area contributed by atoms with E-state index in [1.807, 2.05) is 0 Å². The number of thioether (sulfide) groups is 1. The first-order valence-electron chi connectivity index (χ1n) is 4.14. The lowest BCUT2D eigenvalue weighted by atomic mass is 10.1. The topological polar surface area (TPSA) is 46.2 Å². The quantitative estimate of drug-likeness (QED) is 0.777. The molecule has 1 rings (SSSR count). The number of hydrogen-bond acceptors (Lipinski definition) is 3. The number of benzene rings is 1. The smallest absolute Gasteiger partial charge is 0.446 e. The van der Waals surface area contributed by atoms with Crippen LogP contribution in [0.1, 0.15) is 18.5 Å². The molecule has 0 fully saturated rings. The Hall–Kier alpha value is -0.880. The number of aromatic hydroxyl groups is 1. The molecule has 0 amide bonds. The number of phenols is 1. The second-order valence-corrected chi connectivity index (χ2v) is 4.20. The molecule has 84 valence electrons. The Morgan fingerprint density at radius 1 is 1.40 bits per heavy atom. The molecule has 0 radical (unpaired) electrons. The van der Waals surface area contributed by atoms with Crippen molar-refractivity contribution >= 4 is 11.8 Å². The van der Waals surface area contributed by atoms with Gasteiger partial charge in [0.05, 0.1) is 0 Å². The van der Waals surface area contributed by atoms with Gasteiger partial charge in [-0.15, -0.1) is 0 Å². The fourth-order valence-electron chi connectivity index (χ4n) is 1.09. The van der Waals surface area contributed by atoms with E-state index in [0.29, 0.717) is 5.56 Å². The fraction of sp³-hybridized carbons (Fsp3) is 0.333. The van der Waals surface area contributed by atoms with Crippen molar-refractivity contribution in [2.24, 2.45) is 5.73 Å². The molecule has 0 saturated carbocycles. The SMILES string of the molecule is C[C@@H](N)c1cc(SC(F)(F)F)ccc1O. The summed E-state index contributed by atoms with van der Waals surface area (Å²) in [4.78, 5) is 0.0209. The van der Waals surface area contributed by atoms with E-state index < -0.39 is 11.6 Å². The maximum absolute atomic E-state index is 12.0. The van der Waals surface area contributed by atoms with Crippen molar-refractivity contribution in [3.8, 4) is 5.75 Å². The van der Waals surface area contributed by atoms with Crippen molar-refractivity contribution < 1.29 is 18.3 Å². The summed E-state index contributed by atoms with van der Waals surface area (Å²) in [5, 5.41) is 9.33. The molecule has 0 aliphatic heterocycles. The highest BCUT2D eigenvalue weighted by Gasteiger charge is 2.29. The van der Waals surface area contributed by atoms with Gasteiger partial charge >= 0.3 is 5.51 Å². The molecule has 0 spiro atoms. The van der Waals surface area contributed by atoms with Crippen molar-refractivity contribution in [2.75, 3.05) is 0 Å². The van der Waals surface area contributed by atoms with Crippen LogP contribution in [0.4, 0.5) is 13.2 Å². The molecular formula is C9H10F3NOS. The van der Waals surface area contributed by atoms with Crippen molar-refractivity contribution in [3.63, 3.8) is 0 Å². The van der Waals surface area contributed by atoms with E-state index in [9.17, 15) is 18.3 Å². The Kier molecular flexibility index (Phi) is 3.51. The minimum absolute atomic E-state index is 0.0209. The van der Waals surface area contributed by atoms with E-state index in [4.69, 9.17) is 5.73 Å². The third kappa shape index (κ3) is 3.64. The van der Waals surface area contributed by atoms with Gasteiger partial charge in [0.2, 0.25) is 0 Å². The first-order chi connectivity index (χ1) is 6.79. The van der Waals surface area contributed by atoms with E-state index in [1.165, 1.54) is 18.2 Å². The lowest BCUT2D eigenvalue weighted by Gasteiger charge is -2.11. The Morgan fingerprint density at radius 2 is 2.00 bits per heavy atom. The first kappa shape index (κ1) is 12.2. The van der Waals surface area contributed by atoms with Crippen LogP contribution in [0.25, 0.3) is 0 Å². The van der Waals surface area contributed by atoms with Crippen molar-refractivity contribution in [2.45, 2.75) is 23.4 Å². The van der Waals surface area contributed by atoms with Gasteiger partial charge in [-0.1, -0.05) is 0 Å². The lowest BCUT2D eigenvalue weighted by Crippen LogP contribution is -2.06. The van der Waals surface area contributed by atoms with Crippen LogP contribution in [-0.4, -0.2) is 10.6 Å². The summed E-state index contributed by atoms with van der Waals surface area (Å²) in [6.45, 7) is 1.59. The fourth-order valence-corrected chi connectivity index (χ4v) is 1.68. The predicted octanol–water partition coefficient (Wildman–Crippen LogP) is 3.02. The second-order valence-electron chi connectivity index (χ2n) is 3.06. The highest BCUT2D eigenvalue weighted by atomic mass is 32.2. The molecule has 0 aliphatic rings. The van der Waals surface area contributed by atoms with E-state index in [2.05, 4.69) is 0 Å². The summed E-state index contributed by atoms with van der Waals surface area (Å²) in [6, 6.07) is 3.17. The molecule has 1 atom stereocenters. The van der Waals surface area contributed by atoms with Crippen LogP contribution in [0, 0.1) is 0 Å². The summed E-state index contributed by atoms with van der Waals surface area (Å²) >= 11 is -0.226. The Bertz CT molecular complexity index is 352. The lowest BCUT2D eigenvalue weighted by molar-refractivity contribution is -0.0328. The van der Waals surface area contributed by atoms with Gasteiger partial charge in [0.25, 0.3) is 0 Å².